The predicted octanol–water partition coefficient (Wildman–Crippen LogP) is 13.7. The van der Waals surface area contributed by atoms with E-state index in [4.69, 9.17) is 4.42 Å². The van der Waals surface area contributed by atoms with Crippen LogP contribution in [0.3, 0.4) is 0 Å². The minimum Gasteiger partial charge on any atom is -0.456 e. The number of para-hydroxylation sites is 1. The molecule has 0 saturated carbocycles. The summed E-state index contributed by atoms with van der Waals surface area (Å²) >= 11 is 0. The molecule has 0 amide bonds. The smallest absolute Gasteiger partial charge is 0.136 e. The molecule has 9 aromatic carbocycles. The topological polar surface area (TPSA) is 13.1 Å². The summed E-state index contributed by atoms with van der Waals surface area (Å²) in [7, 11) is 0. The number of hydrogen-bond donors (Lipinski definition) is 0. The van der Waals surface area contributed by atoms with Crippen LogP contribution < -0.4 is 0 Å². The first-order valence-electron chi connectivity index (χ1n) is 16.8. The largest absolute Gasteiger partial charge is 0.456 e. The standard InChI is InChI=1S/C48H30O/c1-2-12-31(13-3-1)32-22-24-34(25-23-32)37-28-26-33-14-4-5-15-36(33)47(37)48-42-19-8-6-17-40(42)46(41-18-7-9-20-43(41)48)35-27-29-39-38-16-10-11-21-44(38)49-45(39)30-35/h1-30H. The van der Waals surface area contributed by atoms with Gasteiger partial charge in [-0.25, -0.2) is 0 Å². The highest BCUT2D eigenvalue weighted by Crippen LogP contribution is 2.49. The molecule has 49 heavy (non-hydrogen) atoms. The van der Waals surface area contributed by atoms with Crippen LogP contribution in [0.1, 0.15) is 0 Å². The Bertz CT molecular complexity index is 2800. The van der Waals surface area contributed by atoms with E-state index in [1.165, 1.54) is 71.3 Å². The third-order valence-corrected chi connectivity index (χ3v) is 10.1. The van der Waals surface area contributed by atoms with Gasteiger partial charge in [0, 0.05) is 10.8 Å². The first kappa shape index (κ1) is 27.7. The second-order valence-electron chi connectivity index (χ2n) is 12.8. The van der Waals surface area contributed by atoms with Gasteiger partial charge in [-0.3, -0.25) is 0 Å². The summed E-state index contributed by atoms with van der Waals surface area (Å²) in [5, 5.41) is 9.69. The molecule has 10 aromatic rings. The van der Waals surface area contributed by atoms with Crippen molar-refractivity contribution < 1.29 is 4.42 Å². The summed E-state index contributed by atoms with van der Waals surface area (Å²) in [5.41, 5.74) is 11.6. The second kappa shape index (κ2) is 11.1. The SMILES string of the molecule is c1ccc(-c2ccc(-c3ccc4ccccc4c3-c3c4ccccc4c(-c4ccc5c(c4)oc4ccccc45)c4ccccc34)cc2)cc1. The van der Waals surface area contributed by atoms with Gasteiger partial charge in [0.1, 0.15) is 11.2 Å². The van der Waals surface area contributed by atoms with Gasteiger partial charge >= 0.3 is 0 Å². The van der Waals surface area contributed by atoms with Crippen molar-refractivity contribution in [3.63, 3.8) is 0 Å². The molecule has 0 N–H and O–H groups in total. The van der Waals surface area contributed by atoms with E-state index in [9.17, 15) is 0 Å². The van der Waals surface area contributed by atoms with Crippen LogP contribution in [0.5, 0.6) is 0 Å². The minimum atomic E-state index is 0.909. The Hall–Kier alpha value is -6.44. The Morgan fingerprint density at radius 1 is 0.265 bits per heavy atom. The van der Waals surface area contributed by atoms with Crippen molar-refractivity contribution in [2.45, 2.75) is 0 Å². The summed E-state index contributed by atoms with van der Waals surface area (Å²) in [4.78, 5) is 0. The lowest BCUT2D eigenvalue weighted by Gasteiger charge is -2.21. The molecule has 0 saturated heterocycles. The summed E-state index contributed by atoms with van der Waals surface area (Å²) < 4.78 is 6.38. The number of fused-ring (bicyclic) bond motifs is 6. The van der Waals surface area contributed by atoms with E-state index < -0.39 is 0 Å². The number of furan rings is 1. The summed E-state index contributed by atoms with van der Waals surface area (Å²) in [6, 6.07) is 65.8. The van der Waals surface area contributed by atoms with Crippen LogP contribution in [0.4, 0.5) is 0 Å². The molecule has 0 aliphatic heterocycles. The molecule has 1 heterocycles. The average molecular weight is 623 g/mol. The zero-order chi connectivity index (χ0) is 32.3. The molecule has 0 bridgehead atoms. The first-order valence-corrected chi connectivity index (χ1v) is 16.8. The molecule has 0 aliphatic rings. The Morgan fingerprint density at radius 2 is 0.776 bits per heavy atom. The molecule has 0 radical (unpaired) electrons. The molecule has 0 fully saturated rings. The molecule has 228 valence electrons. The van der Waals surface area contributed by atoms with Crippen molar-refractivity contribution in [3.05, 3.63) is 182 Å². The highest BCUT2D eigenvalue weighted by Gasteiger charge is 2.21. The van der Waals surface area contributed by atoms with Crippen LogP contribution in [-0.2, 0) is 0 Å². The monoisotopic (exact) mass is 622 g/mol. The lowest BCUT2D eigenvalue weighted by atomic mass is 9.82. The highest BCUT2D eigenvalue weighted by atomic mass is 16.3. The van der Waals surface area contributed by atoms with Crippen LogP contribution in [0.25, 0.3) is 98.8 Å². The van der Waals surface area contributed by atoms with Gasteiger partial charge in [-0.1, -0.05) is 164 Å². The Labute approximate surface area is 284 Å². The molecule has 0 spiro atoms. The molecule has 10 rings (SSSR count). The maximum atomic E-state index is 6.38. The van der Waals surface area contributed by atoms with E-state index in [-0.39, 0.29) is 0 Å². The van der Waals surface area contributed by atoms with E-state index in [1.807, 2.05) is 12.1 Å². The lowest BCUT2D eigenvalue weighted by Crippen LogP contribution is -1.94. The fourth-order valence-electron chi connectivity index (χ4n) is 7.84. The van der Waals surface area contributed by atoms with Crippen LogP contribution >= 0.6 is 0 Å². The van der Waals surface area contributed by atoms with Gasteiger partial charge in [0.15, 0.2) is 0 Å². The van der Waals surface area contributed by atoms with Crippen molar-refractivity contribution in [1.29, 1.82) is 0 Å². The summed E-state index contributed by atoms with van der Waals surface area (Å²) in [6.45, 7) is 0. The van der Waals surface area contributed by atoms with Crippen molar-refractivity contribution in [3.8, 4) is 44.5 Å². The molecular formula is C48H30O. The van der Waals surface area contributed by atoms with Gasteiger partial charge in [0.05, 0.1) is 0 Å². The van der Waals surface area contributed by atoms with Gasteiger partial charge in [0.25, 0.3) is 0 Å². The maximum absolute atomic E-state index is 6.38. The van der Waals surface area contributed by atoms with Crippen molar-refractivity contribution >= 4 is 54.3 Å². The average Bonchev–Trinajstić information content (AvgIpc) is 3.55. The van der Waals surface area contributed by atoms with Crippen molar-refractivity contribution in [2.24, 2.45) is 0 Å². The van der Waals surface area contributed by atoms with E-state index in [1.54, 1.807) is 0 Å². The quantitative estimate of drug-likeness (QED) is 0.178. The Balaban J connectivity index is 1.27. The predicted molar refractivity (Wildman–Crippen MR) is 208 cm³/mol. The van der Waals surface area contributed by atoms with Crippen LogP contribution in [-0.4, -0.2) is 0 Å². The van der Waals surface area contributed by atoms with E-state index >= 15 is 0 Å². The van der Waals surface area contributed by atoms with Crippen LogP contribution in [0.15, 0.2) is 186 Å². The number of hydrogen-bond acceptors (Lipinski definition) is 1. The van der Waals surface area contributed by atoms with Crippen molar-refractivity contribution in [2.75, 3.05) is 0 Å². The molecule has 0 aliphatic carbocycles. The molecule has 0 atom stereocenters. The third kappa shape index (κ3) is 4.40. The lowest BCUT2D eigenvalue weighted by molar-refractivity contribution is 0.669. The van der Waals surface area contributed by atoms with Gasteiger partial charge in [-0.15, -0.1) is 0 Å². The minimum absolute atomic E-state index is 0.909. The molecule has 1 heteroatoms. The van der Waals surface area contributed by atoms with Gasteiger partial charge in [0.2, 0.25) is 0 Å². The van der Waals surface area contributed by atoms with Gasteiger partial charge in [-0.2, -0.15) is 0 Å². The molecule has 1 aromatic heterocycles. The molecule has 1 nitrogen and oxygen atoms in total. The Morgan fingerprint density at radius 3 is 1.49 bits per heavy atom. The van der Waals surface area contributed by atoms with Crippen LogP contribution in [0, 0.1) is 0 Å². The van der Waals surface area contributed by atoms with E-state index in [2.05, 4.69) is 170 Å². The zero-order valence-electron chi connectivity index (χ0n) is 26.7. The Kier molecular flexibility index (Phi) is 6.25. The third-order valence-electron chi connectivity index (χ3n) is 10.1. The summed E-state index contributed by atoms with van der Waals surface area (Å²) in [6.07, 6.45) is 0. The summed E-state index contributed by atoms with van der Waals surface area (Å²) in [5.74, 6) is 0. The van der Waals surface area contributed by atoms with Gasteiger partial charge in [-0.05, 0) is 95.0 Å². The second-order valence-corrected chi connectivity index (χ2v) is 12.8. The van der Waals surface area contributed by atoms with Crippen molar-refractivity contribution in [1.82, 2.24) is 0 Å². The molecular weight excluding hydrogens is 593 g/mol. The van der Waals surface area contributed by atoms with E-state index in [0.717, 1.165) is 27.5 Å². The number of rotatable bonds is 4. The molecule has 0 unspecified atom stereocenters. The first-order chi connectivity index (χ1) is 24.3. The fourth-order valence-corrected chi connectivity index (χ4v) is 7.84. The van der Waals surface area contributed by atoms with Crippen LogP contribution in [0.2, 0.25) is 0 Å². The number of benzene rings is 9. The van der Waals surface area contributed by atoms with Gasteiger partial charge < -0.3 is 4.42 Å². The zero-order valence-corrected chi connectivity index (χ0v) is 26.7. The normalized spacial score (nSPS) is 11.7. The van der Waals surface area contributed by atoms with E-state index in [0.29, 0.717) is 0 Å². The fraction of sp³-hybridized carbons (Fsp3) is 0. The maximum Gasteiger partial charge on any atom is 0.136 e. The highest BCUT2D eigenvalue weighted by molar-refractivity contribution is 6.25.